The van der Waals surface area contributed by atoms with Crippen molar-refractivity contribution in [3.8, 4) is 0 Å². The largest absolute Gasteiger partial charge is 0.297 e. The molecule has 1 aliphatic rings. The lowest BCUT2D eigenvalue weighted by molar-refractivity contribution is 0.151. The second-order valence-electron chi connectivity index (χ2n) is 6.61. The topological polar surface area (TPSA) is 59.7 Å². The fourth-order valence-electron chi connectivity index (χ4n) is 3.52. The van der Waals surface area contributed by atoms with Crippen LogP contribution in [0.15, 0.2) is 36.9 Å². The summed E-state index contributed by atoms with van der Waals surface area (Å²) in [5, 5.41) is 4.23. The minimum Gasteiger partial charge on any atom is -0.297 e. The Balaban J connectivity index is 1.47. The highest BCUT2D eigenvalue weighted by atomic mass is 15.3. The predicted octanol–water partition coefficient (Wildman–Crippen LogP) is 2.44. The molecule has 4 rings (SSSR count). The van der Waals surface area contributed by atoms with Gasteiger partial charge in [-0.05, 0) is 44.4 Å². The number of hydrogen-bond acceptors (Lipinski definition) is 5. The zero-order chi connectivity index (χ0) is 16.4. The Morgan fingerprint density at radius 2 is 2.00 bits per heavy atom. The SMILES string of the molecule is Cc1nc2ccccc2nc1CN1CCC[C@H](Cn2cncn2)C1. The Morgan fingerprint density at radius 3 is 2.79 bits per heavy atom. The maximum absolute atomic E-state index is 4.84. The highest BCUT2D eigenvalue weighted by molar-refractivity contribution is 5.74. The summed E-state index contributed by atoms with van der Waals surface area (Å²) in [7, 11) is 0. The van der Waals surface area contributed by atoms with Crippen molar-refractivity contribution in [3.63, 3.8) is 0 Å². The molecule has 1 fully saturated rings. The molecular weight excluding hydrogens is 300 g/mol. The van der Waals surface area contributed by atoms with Gasteiger partial charge in [-0.2, -0.15) is 5.10 Å². The molecule has 1 atom stereocenters. The number of benzene rings is 1. The summed E-state index contributed by atoms with van der Waals surface area (Å²) >= 11 is 0. The fourth-order valence-corrected chi connectivity index (χ4v) is 3.52. The molecule has 3 heterocycles. The molecular formula is C18H22N6. The highest BCUT2D eigenvalue weighted by Crippen LogP contribution is 2.21. The third-order valence-corrected chi connectivity index (χ3v) is 4.73. The molecule has 24 heavy (non-hydrogen) atoms. The van der Waals surface area contributed by atoms with Crippen molar-refractivity contribution in [1.29, 1.82) is 0 Å². The van der Waals surface area contributed by atoms with E-state index in [4.69, 9.17) is 9.97 Å². The van der Waals surface area contributed by atoms with Crippen LogP contribution in [0.5, 0.6) is 0 Å². The first kappa shape index (κ1) is 15.2. The van der Waals surface area contributed by atoms with Crippen LogP contribution in [-0.4, -0.2) is 42.7 Å². The number of aryl methyl sites for hydroxylation is 1. The van der Waals surface area contributed by atoms with E-state index in [1.807, 2.05) is 28.9 Å². The number of piperidine rings is 1. The number of aromatic nitrogens is 5. The van der Waals surface area contributed by atoms with Crippen molar-refractivity contribution in [1.82, 2.24) is 29.6 Å². The van der Waals surface area contributed by atoms with Crippen molar-refractivity contribution in [2.45, 2.75) is 32.9 Å². The van der Waals surface area contributed by atoms with E-state index in [0.717, 1.165) is 48.6 Å². The van der Waals surface area contributed by atoms with Crippen LogP contribution in [0.1, 0.15) is 24.2 Å². The molecule has 0 unspecified atom stereocenters. The first-order valence-corrected chi connectivity index (χ1v) is 8.55. The van der Waals surface area contributed by atoms with Gasteiger partial charge in [0.15, 0.2) is 0 Å². The smallest absolute Gasteiger partial charge is 0.137 e. The quantitative estimate of drug-likeness (QED) is 0.738. The average Bonchev–Trinajstić information content (AvgIpc) is 3.09. The molecule has 0 spiro atoms. The van der Waals surface area contributed by atoms with Gasteiger partial charge in [0.05, 0.1) is 22.4 Å². The molecule has 124 valence electrons. The van der Waals surface area contributed by atoms with Crippen molar-refractivity contribution in [2.75, 3.05) is 13.1 Å². The van der Waals surface area contributed by atoms with Gasteiger partial charge >= 0.3 is 0 Å². The fraction of sp³-hybridized carbons (Fsp3) is 0.444. The molecule has 1 aliphatic heterocycles. The lowest BCUT2D eigenvalue weighted by atomic mass is 9.98. The third kappa shape index (κ3) is 3.28. The van der Waals surface area contributed by atoms with E-state index in [2.05, 4.69) is 21.9 Å². The Labute approximate surface area is 141 Å². The second kappa shape index (κ2) is 6.65. The van der Waals surface area contributed by atoms with Gasteiger partial charge in [0.1, 0.15) is 12.7 Å². The Hall–Kier alpha value is -2.34. The summed E-state index contributed by atoms with van der Waals surface area (Å²) in [5.74, 6) is 0.620. The van der Waals surface area contributed by atoms with Gasteiger partial charge in [0, 0.05) is 19.6 Å². The van der Waals surface area contributed by atoms with Crippen molar-refractivity contribution >= 4 is 11.0 Å². The zero-order valence-corrected chi connectivity index (χ0v) is 14.0. The highest BCUT2D eigenvalue weighted by Gasteiger charge is 2.21. The molecule has 6 heteroatoms. The van der Waals surface area contributed by atoms with Gasteiger partial charge in [-0.15, -0.1) is 0 Å². The standard InChI is InChI=1S/C18H22N6/c1-14-18(22-17-7-3-2-6-16(17)21-14)11-23-8-4-5-15(9-23)10-24-13-19-12-20-24/h2-3,6-7,12-13,15H,4-5,8-11H2,1H3/t15-/m0/s1. The van der Waals surface area contributed by atoms with E-state index in [1.165, 1.54) is 12.8 Å². The molecule has 0 saturated carbocycles. The lowest BCUT2D eigenvalue weighted by Gasteiger charge is -2.32. The minimum absolute atomic E-state index is 0.620. The van der Waals surface area contributed by atoms with Gasteiger partial charge in [-0.3, -0.25) is 9.58 Å². The maximum Gasteiger partial charge on any atom is 0.137 e. The van der Waals surface area contributed by atoms with Crippen LogP contribution in [0.4, 0.5) is 0 Å². The van der Waals surface area contributed by atoms with Gasteiger partial charge in [-0.25, -0.2) is 15.0 Å². The van der Waals surface area contributed by atoms with Crippen molar-refractivity contribution < 1.29 is 0 Å². The Morgan fingerprint density at radius 1 is 1.17 bits per heavy atom. The van der Waals surface area contributed by atoms with Crippen LogP contribution in [0.3, 0.4) is 0 Å². The molecule has 1 aromatic carbocycles. The minimum atomic E-state index is 0.620. The van der Waals surface area contributed by atoms with Gasteiger partial charge < -0.3 is 0 Å². The molecule has 6 nitrogen and oxygen atoms in total. The lowest BCUT2D eigenvalue weighted by Crippen LogP contribution is -2.37. The maximum atomic E-state index is 4.84. The van der Waals surface area contributed by atoms with Gasteiger partial charge in [-0.1, -0.05) is 12.1 Å². The molecule has 0 bridgehead atoms. The summed E-state index contributed by atoms with van der Waals surface area (Å²) in [4.78, 5) is 16.1. The first-order valence-electron chi connectivity index (χ1n) is 8.55. The number of likely N-dealkylation sites (tertiary alicyclic amines) is 1. The van der Waals surface area contributed by atoms with Crippen LogP contribution in [0.25, 0.3) is 11.0 Å². The van der Waals surface area contributed by atoms with E-state index >= 15 is 0 Å². The number of hydrogen-bond donors (Lipinski definition) is 0. The van der Waals surface area contributed by atoms with Crippen LogP contribution in [0.2, 0.25) is 0 Å². The second-order valence-corrected chi connectivity index (χ2v) is 6.61. The monoisotopic (exact) mass is 322 g/mol. The summed E-state index contributed by atoms with van der Waals surface area (Å²) in [6, 6.07) is 8.09. The van der Waals surface area contributed by atoms with Crippen LogP contribution in [-0.2, 0) is 13.1 Å². The number of nitrogens with zero attached hydrogens (tertiary/aromatic N) is 6. The summed E-state index contributed by atoms with van der Waals surface area (Å²) < 4.78 is 1.94. The molecule has 0 aliphatic carbocycles. The number of para-hydroxylation sites is 2. The average molecular weight is 322 g/mol. The molecule has 0 amide bonds. The summed E-state index contributed by atoms with van der Waals surface area (Å²) in [5.41, 5.74) is 4.08. The van der Waals surface area contributed by atoms with E-state index in [0.29, 0.717) is 5.92 Å². The molecule has 0 N–H and O–H groups in total. The van der Waals surface area contributed by atoms with Crippen molar-refractivity contribution in [2.24, 2.45) is 5.92 Å². The normalized spacial score (nSPS) is 19.0. The zero-order valence-electron chi connectivity index (χ0n) is 14.0. The summed E-state index contributed by atoms with van der Waals surface area (Å²) in [6.07, 6.45) is 5.88. The van der Waals surface area contributed by atoms with Gasteiger partial charge in [0.25, 0.3) is 0 Å². The number of fused-ring (bicyclic) bond motifs is 1. The van der Waals surface area contributed by atoms with E-state index < -0.39 is 0 Å². The molecule has 0 radical (unpaired) electrons. The molecule has 3 aromatic rings. The van der Waals surface area contributed by atoms with Crippen LogP contribution >= 0.6 is 0 Å². The third-order valence-electron chi connectivity index (χ3n) is 4.73. The summed E-state index contributed by atoms with van der Waals surface area (Å²) in [6.45, 7) is 6.08. The molecule has 2 aromatic heterocycles. The Bertz CT molecular complexity index is 813. The van der Waals surface area contributed by atoms with E-state index in [9.17, 15) is 0 Å². The van der Waals surface area contributed by atoms with Crippen molar-refractivity contribution in [3.05, 3.63) is 48.3 Å². The van der Waals surface area contributed by atoms with Crippen LogP contribution < -0.4 is 0 Å². The van der Waals surface area contributed by atoms with Crippen LogP contribution in [0, 0.1) is 12.8 Å². The number of rotatable bonds is 4. The Kier molecular flexibility index (Phi) is 4.21. The first-order chi connectivity index (χ1) is 11.8. The predicted molar refractivity (Wildman–Crippen MR) is 92.3 cm³/mol. The molecule has 1 saturated heterocycles. The van der Waals surface area contributed by atoms with E-state index in [1.54, 1.807) is 12.7 Å². The van der Waals surface area contributed by atoms with E-state index in [-0.39, 0.29) is 0 Å². The van der Waals surface area contributed by atoms with Gasteiger partial charge in [0.2, 0.25) is 0 Å².